The molecule has 0 atom stereocenters. The van der Waals surface area contributed by atoms with E-state index in [9.17, 15) is 15.0 Å². The van der Waals surface area contributed by atoms with E-state index < -0.39 is 5.91 Å². The second-order valence-corrected chi connectivity index (χ2v) is 6.84. The van der Waals surface area contributed by atoms with Gasteiger partial charge in [-0.15, -0.1) is 0 Å². The number of nitrogens with zero attached hydrogens (tertiary/aromatic N) is 4. The molecule has 1 amide bonds. The first-order chi connectivity index (χ1) is 12.9. The predicted octanol–water partition coefficient (Wildman–Crippen LogP) is 2.16. The molecule has 2 N–H and O–H groups in total. The van der Waals surface area contributed by atoms with Gasteiger partial charge in [-0.2, -0.15) is 4.99 Å². The molecule has 1 aromatic heterocycles. The summed E-state index contributed by atoms with van der Waals surface area (Å²) < 4.78 is 1.44. The lowest BCUT2D eigenvalue weighted by molar-refractivity contribution is 0.100. The number of amides is 1. The number of carbonyl (C=O) groups excluding carboxylic acids is 1. The van der Waals surface area contributed by atoms with Crippen LogP contribution in [0.25, 0.3) is 10.8 Å². The third kappa shape index (κ3) is 2.97. The monoisotopic (exact) mass is 362 g/mol. The second kappa shape index (κ2) is 6.35. The van der Waals surface area contributed by atoms with Crippen LogP contribution in [0, 0.1) is 5.92 Å². The zero-order valence-electron chi connectivity index (χ0n) is 14.9. The van der Waals surface area contributed by atoms with Crippen LogP contribution in [-0.4, -0.2) is 26.6 Å². The number of aromatic hydroxyl groups is 2. The van der Waals surface area contributed by atoms with E-state index in [4.69, 9.17) is 0 Å². The largest absolute Gasteiger partial charge is 0.494 e. The smallest absolute Gasteiger partial charge is 0.280 e. The first-order valence-corrected chi connectivity index (χ1v) is 8.63. The average molecular weight is 362 g/mol. The molecule has 0 saturated heterocycles. The molecule has 2 aromatic carbocycles. The SMILES string of the molecule is CC(C)Cn1c(O)c2ccc(C(=O)N=C3N=c4ccccc4=N3)cc2c1O. The van der Waals surface area contributed by atoms with Gasteiger partial charge in [0.05, 0.1) is 10.7 Å². The van der Waals surface area contributed by atoms with Gasteiger partial charge in [0.15, 0.2) is 0 Å². The van der Waals surface area contributed by atoms with Crippen molar-refractivity contribution in [2.45, 2.75) is 20.4 Å². The number of rotatable bonds is 3. The van der Waals surface area contributed by atoms with E-state index in [-0.39, 0.29) is 29.2 Å². The van der Waals surface area contributed by atoms with Gasteiger partial charge < -0.3 is 10.2 Å². The van der Waals surface area contributed by atoms with Crippen LogP contribution >= 0.6 is 0 Å². The molecule has 0 spiro atoms. The Labute approximate surface area is 154 Å². The number of aromatic nitrogens is 1. The number of guanidine groups is 1. The Hall–Kier alpha value is -3.48. The number of benzene rings is 2. The topological polar surface area (TPSA) is 99.5 Å². The summed E-state index contributed by atoms with van der Waals surface area (Å²) in [4.78, 5) is 24.9. The van der Waals surface area contributed by atoms with Gasteiger partial charge in [0.25, 0.3) is 11.9 Å². The van der Waals surface area contributed by atoms with Crippen molar-refractivity contribution >= 4 is 22.6 Å². The van der Waals surface area contributed by atoms with Gasteiger partial charge in [0.1, 0.15) is 0 Å². The number of hydrogen-bond acceptors (Lipinski definition) is 3. The summed E-state index contributed by atoms with van der Waals surface area (Å²) in [6, 6.07) is 12.0. The van der Waals surface area contributed by atoms with Crippen molar-refractivity contribution in [2.24, 2.45) is 20.9 Å². The first kappa shape index (κ1) is 17.0. The molecular formula is C20H18N4O3. The molecule has 7 nitrogen and oxygen atoms in total. The summed E-state index contributed by atoms with van der Waals surface area (Å²) in [5, 5.41) is 23.0. The number of carbonyl (C=O) groups is 1. The Morgan fingerprint density at radius 2 is 1.67 bits per heavy atom. The van der Waals surface area contributed by atoms with E-state index in [2.05, 4.69) is 15.0 Å². The van der Waals surface area contributed by atoms with Crippen molar-refractivity contribution < 1.29 is 15.0 Å². The van der Waals surface area contributed by atoms with Crippen LogP contribution < -0.4 is 10.7 Å². The normalized spacial score (nSPS) is 12.8. The van der Waals surface area contributed by atoms with E-state index in [0.29, 0.717) is 28.0 Å². The van der Waals surface area contributed by atoms with Crippen molar-refractivity contribution in [3.8, 4) is 11.8 Å². The number of hydrogen-bond donors (Lipinski definition) is 2. The maximum Gasteiger partial charge on any atom is 0.280 e. The van der Waals surface area contributed by atoms with Crippen LogP contribution in [0.5, 0.6) is 11.8 Å². The van der Waals surface area contributed by atoms with Crippen molar-refractivity contribution in [1.82, 2.24) is 4.57 Å². The van der Waals surface area contributed by atoms with Gasteiger partial charge in [-0.3, -0.25) is 9.36 Å². The fourth-order valence-corrected chi connectivity index (χ4v) is 3.09. The van der Waals surface area contributed by atoms with Crippen LogP contribution in [0.1, 0.15) is 24.2 Å². The molecule has 2 heterocycles. The van der Waals surface area contributed by atoms with Crippen molar-refractivity contribution in [2.75, 3.05) is 0 Å². The quantitative estimate of drug-likeness (QED) is 0.747. The van der Waals surface area contributed by atoms with E-state index in [1.807, 2.05) is 26.0 Å². The molecule has 3 aromatic rings. The molecule has 27 heavy (non-hydrogen) atoms. The van der Waals surface area contributed by atoms with Gasteiger partial charge in [-0.25, -0.2) is 9.98 Å². The highest BCUT2D eigenvalue weighted by Gasteiger charge is 2.18. The number of fused-ring (bicyclic) bond motifs is 2. The van der Waals surface area contributed by atoms with Gasteiger partial charge in [-0.1, -0.05) is 26.0 Å². The number of para-hydroxylation sites is 2. The van der Waals surface area contributed by atoms with Crippen LogP contribution in [-0.2, 0) is 6.54 Å². The summed E-state index contributed by atoms with van der Waals surface area (Å²) in [7, 11) is 0. The molecule has 136 valence electrons. The minimum atomic E-state index is -0.511. The molecule has 0 aliphatic carbocycles. The van der Waals surface area contributed by atoms with Crippen molar-refractivity contribution in [3.63, 3.8) is 0 Å². The predicted molar refractivity (Wildman–Crippen MR) is 101 cm³/mol. The zero-order valence-corrected chi connectivity index (χ0v) is 14.9. The molecular weight excluding hydrogens is 344 g/mol. The van der Waals surface area contributed by atoms with E-state index in [1.54, 1.807) is 24.3 Å². The minimum absolute atomic E-state index is 0.0160. The Bertz CT molecular complexity index is 1180. The first-order valence-electron chi connectivity index (χ1n) is 8.63. The maximum atomic E-state index is 12.5. The van der Waals surface area contributed by atoms with Gasteiger partial charge in [0.2, 0.25) is 11.8 Å². The molecule has 7 heteroatoms. The van der Waals surface area contributed by atoms with Crippen molar-refractivity contribution in [3.05, 3.63) is 58.7 Å². The van der Waals surface area contributed by atoms with Gasteiger partial charge in [0, 0.05) is 22.9 Å². The summed E-state index contributed by atoms with van der Waals surface area (Å²) in [5.41, 5.74) is 0.286. The lowest BCUT2D eigenvalue weighted by atomic mass is 10.1. The molecule has 1 aliphatic rings. The Morgan fingerprint density at radius 1 is 1.04 bits per heavy atom. The van der Waals surface area contributed by atoms with E-state index in [0.717, 1.165) is 0 Å². The zero-order chi connectivity index (χ0) is 19.1. The Balaban J connectivity index is 1.72. The van der Waals surface area contributed by atoms with Crippen LogP contribution in [0.3, 0.4) is 0 Å². The van der Waals surface area contributed by atoms with Crippen LogP contribution in [0.2, 0.25) is 0 Å². The summed E-state index contributed by atoms with van der Waals surface area (Å²) in [5.74, 6) is -0.254. The highest BCUT2D eigenvalue weighted by molar-refractivity contribution is 6.06. The molecule has 0 unspecified atom stereocenters. The van der Waals surface area contributed by atoms with Crippen LogP contribution in [0.4, 0.5) is 0 Å². The number of aliphatic imine (C=N–C) groups is 1. The van der Waals surface area contributed by atoms with Crippen molar-refractivity contribution in [1.29, 1.82) is 0 Å². The van der Waals surface area contributed by atoms with Gasteiger partial charge in [-0.05, 0) is 36.2 Å². The Kier molecular flexibility index (Phi) is 3.99. The Morgan fingerprint density at radius 3 is 2.30 bits per heavy atom. The summed E-state index contributed by atoms with van der Waals surface area (Å²) >= 11 is 0. The fraction of sp³-hybridized carbons (Fsp3) is 0.200. The molecule has 0 saturated carbocycles. The second-order valence-electron chi connectivity index (χ2n) is 6.84. The molecule has 0 radical (unpaired) electrons. The van der Waals surface area contributed by atoms with E-state index >= 15 is 0 Å². The molecule has 0 fully saturated rings. The third-order valence-corrected chi connectivity index (χ3v) is 4.33. The summed E-state index contributed by atoms with van der Waals surface area (Å²) in [6.45, 7) is 4.44. The standard InChI is InChI=1S/C20H18N4O3/c1-11(2)10-24-18(26)13-8-7-12(9-14(13)19(24)27)17(25)23-20-21-15-5-3-4-6-16(15)22-20/h3-9,11,26-27H,10H2,1-2H3. The van der Waals surface area contributed by atoms with Crippen LogP contribution in [0.15, 0.2) is 57.4 Å². The molecule has 1 aliphatic heterocycles. The lowest BCUT2D eigenvalue weighted by Crippen LogP contribution is -2.19. The molecule has 0 bridgehead atoms. The highest BCUT2D eigenvalue weighted by Crippen LogP contribution is 2.37. The fourth-order valence-electron chi connectivity index (χ4n) is 3.09. The van der Waals surface area contributed by atoms with Gasteiger partial charge >= 0.3 is 0 Å². The molecule has 4 rings (SSSR count). The summed E-state index contributed by atoms with van der Waals surface area (Å²) in [6.07, 6.45) is 0. The average Bonchev–Trinajstić information content (AvgIpc) is 3.15. The highest BCUT2D eigenvalue weighted by atomic mass is 16.3. The van der Waals surface area contributed by atoms with E-state index in [1.165, 1.54) is 10.6 Å². The minimum Gasteiger partial charge on any atom is -0.494 e. The maximum absolute atomic E-state index is 12.5. The third-order valence-electron chi connectivity index (χ3n) is 4.33. The lowest BCUT2D eigenvalue weighted by Gasteiger charge is -2.08.